The van der Waals surface area contributed by atoms with Gasteiger partial charge in [-0.25, -0.2) is 12.9 Å². The molecule has 31 heavy (non-hydrogen) atoms. The Labute approximate surface area is 184 Å². The zero-order valence-corrected chi connectivity index (χ0v) is 17.6. The van der Waals surface area contributed by atoms with E-state index in [1.165, 1.54) is 6.20 Å². The quantitative estimate of drug-likeness (QED) is 0.429. The van der Waals surface area contributed by atoms with Gasteiger partial charge in [0, 0.05) is 28.9 Å². The lowest BCUT2D eigenvalue weighted by atomic mass is 10.1. The Bertz CT molecular complexity index is 1510. The van der Waals surface area contributed by atoms with E-state index in [0.29, 0.717) is 16.7 Å². The van der Waals surface area contributed by atoms with Gasteiger partial charge in [0.1, 0.15) is 0 Å². The second-order valence-corrected chi connectivity index (χ2v) is 8.39. The van der Waals surface area contributed by atoms with E-state index in [4.69, 9.17) is 5.73 Å². The van der Waals surface area contributed by atoms with Gasteiger partial charge in [0.05, 0.1) is 16.8 Å². The van der Waals surface area contributed by atoms with E-state index in [0.717, 1.165) is 16.5 Å². The zero-order valence-electron chi connectivity index (χ0n) is 16.0. The Balaban J connectivity index is 0.00000231. The number of pyridine rings is 2. The van der Waals surface area contributed by atoms with E-state index >= 15 is 0 Å². The van der Waals surface area contributed by atoms with Gasteiger partial charge >= 0.3 is 0 Å². The third-order valence-electron chi connectivity index (χ3n) is 4.71. The second kappa shape index (κ2) is 7.86. The van der Waals surface area contributed by atoms with Crippen LogP contribution in [0.15, 0.2) is 84.1 Å². The molecule has 0 saturated carbocycles. The Morgan fingerprint density at radius 1 is 0.935 bits per heavy atom. The number of nitrogens with two attached hydrogens (primary N) is 1. The molecule has 0 unspecified atom stereocenters. The molecule has 3 aromatic heterocycles. The Kier molecular flexibility index (Phi) is 5.22. The number of nitrogens with zero attached hydrogens (tertiary/aromatic N) is 4. The van der Waals surface area contributed by atoms with E-state index in [1.54, 1.807) is 47.2 Å². The van der Waals surface area contributed by atoms with Crippen molar-refractivity contribution in [1.82, 2.24) is 19.6 Å². The van der Waals surface area contributed by atoms with Gasteiger partial charge in [0.25, 0.3) is 10.0 Å². The first-order valence-electron chi connectivity index (χ1n) is 9.07. The third-order valence-corrected chi connectivity index (χ3v) is 6.15. The van der Waals surface area contributed by atoms with Crippen LogP contribution in [0.2, 0.25) is 0 Å². The maximum absolute atomic E-state index is 13.1. The highest BCUT2D eigenvalue weighted by atomic mass is 35.5. The highest BCUT2D eigenvalue weighted by Gasteiger charge is 2.18. The number of rotatable bonds is 4. The second-order valence-electron chi connectivity index (χ2n) is 6.74. The lowest BCUT2D eigenvalue weighted by Crippen LogP contribution is -2.13. The predicted molar refractivity (Wildman–Crippen MR) is 123 cm³/mol. The van der Waals surface area contributed by atoms with E-state index in [1.807, 2.05) is 30.3 Å². The summed E-state index contributed by atoms with van der Waals surface area (Å²) in [7, 11) is -3.80. The van der Waals surface area contributed by atoms with Crippen molar-refractivity contribution < 1.29 is 8.42 Å². The minimum absolute atomic E-state index is 0. The smallest absolute Gasteiger partial charge is 0.262 e. The summed E-state index contributed by atoms with van der Waals surface area (Å²) < 4.78 is 30.3. The first-order valence-corrected chi connectivity index (χ1v) is 10.6. The van der Waals surface area contributed by atoms with Crippen molar-refractivity contribution in [2.45, 2.75) is 4.90 Å². The molecule has 3 heterocycles. The SMILES string of the molecule is Cl.Nc1nc2ccc(-c3cncc(NS(=O)(=O)c4cccc5ccccc45)c3)cn2n1. The summed E-state index contributed by atoms with van der Waals surface area (Å²) in [5, 5.41) is 5.61. The van der Waals surface area contributed by atoms with Crippen LogP contribution in [0, 0.1) is 0 Å². The summed E-state index contributed by atoms with van der Waals surface area (Å²) in [5.74, 6) is 0.182. The molecule has 0 amide bonds. The first kappa shape index (κ1) is 20.6. The molecule has 0 aliphatic carbocycles. The van der Waals surface area contributed by atoms with Gasteiger partial charge in [-0.3, -0.25) is 9.71 Å². The van der Waals surface area contributed by atoms with Crippen molar-refractivity contribution in [3.8, 4) is 11.1 Å². The topological polar surface area (TPSA) is 115 Å². The summed E-state index contributed by atoms with van der Waals surface area (Å²) in [6.07, 6.45) is 4.88. The molecule has 3 N–H and O–H groups in total. The van der Waals surface area contributed by atoms with E-state index < -0.39 is 10.0 Å². The lowest BCUT2D eigenvalue weighted by molar-refractivity contribution is 0.602. The Morgan fingerprint density at radius 3 is 2.61 bits per heavy atom. The number of hydrogen-bond acceptors (Lipinski definition) is 6. The molecule has 156 valence electrons. The molecule has 8 nitrogen and oxygen atoms in total. The maximum atomic E-state index is 13.1. The van der Waals surface area contributed by atoms with Gasteiger partial charge in [-0.15, -0.1) is 17.5 Å². The molecule has 0 saturated heterocycles. The summed E-state index contributed by atoms with van der Waals surface area (Å²) >= 11 is 0. The van der Waals surface area contributed by atoms with E-state index in [9.17, 15) is 8.42 Å². The first-order chi connectivity index (χ1) is 14.5. The van der Waals surface area contributed by atoms with Crippen LogP contribution >= 0.6 is 12.4 Å². The molecule has 0 spiro atoms. The number of halogens is 1. The van der Waals surface area contributed by atoms with E-state index in [2.05, 4.69) is 19.8 Å². The molecular weight excluding hydrogens is 436 g/mol. The van der Waals surface area contributed by atoms with Crippen molar-refractivity contribution in [2.75, 3.05) is 10.5 Å². The van der Waals surface area contributed by atoms with Gasteiger partial charge in [-0.05, 0) is 29.7 Å². The fourth-order valence-electron chi connectivity index (χ4n) is 3.36. The van der Waals surface area contributed by atoms with Gasteiger partial charge in [0.2, 0.25) is 5.95 Å². The Hall–Kier alpha value is -3.69. The summed E-state index contributed by atoms with van der Waals surface area (Å²) in [6.45, 7) is 0. The van der Waals surface area contributed by atoms with Gasteiger partial charge < -0.3 is 5.73 Å². The van der Waals surface area contributed by atoms with Crippen molar-refractivity contribution in [2.24, 2.45) is 0 Å². The van der Waals surface area contributed by atoms with Crippen molar-refractivity contribution in [3.05, 3.63) is 79.3 Å². The molecule has 0 fully saturated rings. The monoisotopic (exact) mass is 452 g/mol. The van der Waals surface area contributed by atoms with Crippen LogP contribution in [-0.2, 0) is 10.0 Å². The van der Waals surface area contributed by atoms with E-state index in [-0.39, 0.29) is 23.3 Å². The van der Waals surface area contributed by atoms with Crippen LogP contribution in [0.1, 0.15) is 0 Å². The average molecular weight is 453 g/mol. The van der Waals surface area contributed by atoms with Crippen LogP contribution in [0.4, 0.5) is 11.6 Å². The van der Waals surface area contributed by atoms with Gasteiger partial charge in [0.15, 0.2) is 5.65 Å². The van der Waals surface area contributed by atoms with Crippen molar-refractivity contribution in [3.63, 3.8) is 0 Å². The minimum Gasteiger partial charge on any atom is -0.366 e. The summed E-state index contributed by atoms with van der Waals surface area (Å²) in [5.41, 5.74) is 8.14. The highest BCUT2D eigenvalue weighted by Crippen LogP contribution is 2.27. The summed E-state index contributed by atoms with van der Waals surface area (Å²) in [6, 6.07) is 17.9. The molecule has 5 aromatic rings. The fraction of sp³-hybridized carbons (Fsp3) is 0. The number of nitrogens with one attached hydrogen (secondary N) is 1. The van der Waals surface area contributed by atoms with Crippen molar-refractivity contribution in [1.29, 1.82) is 0 Å². The Morgan fingerprint density at radius 2 is 1.74 bits per heavy atom. The predicted octanol–water partition coefficient (Wildman–Crippen LogP) is 3.75. The van der Waals surface area contributed by atoms with Crippen LogP contribution < -0.4 is 10.5 Å². The maximum Gasteiger partial charge on any atom is 0.262 e. The minimum atomic E-state index is -3.80. The normalized spacial score (nSPS) is 11.4. The molecule has 0 radical (unpaired) electrons. The number of benzene rings is 2. The number of sulfonamides is 1. The highest BCUT2D eigenvalue weighted by molar-refractivity contribution is 7.93. The third kappa shape index (κ3) is 3.88. The van der Waals surface area contributed by atoms with Crippen LogP contribution in [0.25, 0.3) is 27.5 Å². The van der Waals surface area contributed by atoms with Crippen LogP contribution in [0.3, 0.4) is 0 Å². The van der Waals surface area contributed by atoms with Crippen LogP contribution in [-0.4, -0.2) is 28.0 Å². The number of anilines is 2. The van der Waals surface area contributed by atoms with Gasteiger partial charge in [-0.2, -0.15) is 4.98 Å². The molecular formula is C21H17ClN6O2S. The largest absolute Gasteiger partial charge is 0.366 e. The summed E-state index contributed by atoms with van der Waals surface area (Å²) in [4.78, 5) is 8.50. The number of fused-ring (bicyclic) bond motifs is 2. The molecule has 0 atom stereocenters. The van der Waals surface area contributed by atoms with Crippen molar-refractivity contribution >= 4 is 50.5 Å². The fourth-order valence-corrected chi connectivity index (χ4v) is 4.63. The zero-order chi connectivity index (χ0) is 20.7. The number of hydrogen-bond donors (Lipinski definition) is 2. The molecule has 0 aliphatic rings. The van der Waals surface area contributed by atoms with Gasteiger partial charge in [-0.1, -0.05) is 36.4 Å². The lowest BCUT2D eigenvalue weighted by Gasteiger charge is -2.11. The molecule has 0 bridgehead atoms. The molecule has 5 rings (SSSR count). The molecule has 0 aliphatic heterocycles. The standard InChI is InChI=1S/C21H16N6O2S.ClH/c22-21-24-20-9-8-15(13-27(20)25-21)16-10-17(12-23-11-16)26-30(28,29)19-7-3-5-14-4-1-2-6-18(14)19;/h1-13,26H,(H2,22,25);1H. The molecule has 2 aromatic carbocycles. The van der Waals surface area contributed by atoms with Crippen LogP contribution in [0.5, 0.6) is 0 Å². The molecule has 10 heteroatoms. The number of aromatic nitrogens is 4. The average Bonchev–Trinajstić information content (AvgIpc) is 3.12. The number of nitrogen functional groups attached to an aromatic ring is 1.